The molecule has 0 fully saturated rings. The van der Waals surface area contributed by atoms with Crippen molar-refractivity contribution in [3.8, 4) is 0 Å². The molecule has 0 atom stereocenters. The topological polar surface area (TPSA) is 40.5 Å². The van der Waals surface area contributed by atoms with Crippen LogP contribution in [0.2, 0.25) is 0 Å². The van der Waals surface area contributed by atoms with Crippen LogP contribution in [0.4, 0.5) is 10.1 Å². The standard InChI is InChI=1S/C15H14FNO2/c1-17(10-11-6-2-4-8-13(11)16)14-9-5-3-7-12(14)15(18)19/h2-9H,10H2,1H3,(H,18,19). The number of hydrogen-bond donors (Lipinski definition) is 1. The van der Waals surface area contributed by atoms with Crippen LogP contribution in [0, 0.1) is 5.82 Å². The van der Waals surface area contributed by atoms with Gasteiger partial charge in [-0.15, -0.1) is 0 Å². The van der Waals surface area contributed by atoms with Gasteiger partial charge in [-0.2, -0.15) is 0 Å². The van der Waals surface area contributed by atoms with Gasteiger partial charge in [0.2, 0.25) is 0 Å². The number of nitrogens with zero attached hydrogens (tertiary/aromatic N) is 1. The van der Waals surface area contributed by atoms with E-state index in [0.717, 1.165) is 0 Å². The van der Waals surface area contributed by atoms with E-state index in [1.165, 1.54) is 12.1 Å². The molecule has 0 bridgehead atoms. The number of rotatable bonds is 4. The Morgan fingerprint density at radius 3 is 2.47 bits per heavy atom. The van der Waals surface area contributed by atoms with Crippen molar-refractivity contribution in [2.45, 2.75) is 6.54 Å². The van der Waals surface area contributed by atoms with Gasteiger partial charge in [-0.05, 0) is 18.2 Å². The summed E-state index contributed by atoms with van der Waals surface area (Å²) in [5.74, 6) is -1.28. The first-order valence-electron chi connectivity index (χ1n) is 5.86. The molecule has 0 aliphatic carbocycles. The van der Waals surface area contributed by atoms with Gasteiger partial charge in [-0.1, -0.05) is 30.3 Å². The van der Waals surface area contributed by atoms with Gasteiger partial charge in [0.15, 0.2) is 0 Å². The van der Waals surface area contributed by atoms with Gasteiger partial charge in [-0.3, -0.25) is 0 Å². The molecule has 1 N–H and O–H groups in total. The third-order valence-corrected chi connectivity index (χ3v) is 2.91. The number of carboxylic acids is 1. The average Bonchev–Trinajstić information content (AvgIpc) is 2.41. The first-order valence-corrected chi connectivity index (χ1v) is 5.86. The lowest BCUT2D eigenvalue weighted by molar-refractivity contribution is 0.0697. The van der Waals surface area contributed by atoms with Gasteiger partial charge in [0, 0.05) is 19.2 Å². The predicted octanol–water partition coefficient (Wildman–Crippen LogP) is 3.16. The molecule has 0 heterocycles. The molecule has 3 nitrogen and oxygen atoms in total. The van der Waals surface area contributed by atoms with Crippen LogP contribution >= 0.6 is 0 Å². The van der Waals surface area contributed by atoms with Crippen LogP contribution in [0.5, 0.6) is 0 Å². The highest BCUT2D eigenvalue weighted by Gasteiger charge is 2.13. The fourth-order valence-electron chi connectivity index (χ4n) is 1.95. The molecule has 2 aromatic rings. The van der Waals surface area contributed by atoms with Crippen LogP contribution in [0.3, 0.4) is 0 Å². The zero-order valence-corrected chi connectivity index (χ0v) is 10.5. The smallest absolute Gasteiger partial charge is 0.337 e. The summed E-state index contributed by atoms with van der Waals surface area (Å²) < 4.78 is 13.6. The second-order valence-electron chi connectivity index (χ2n) is 4.27. The average molecular weight is 259 g/mol. The number of benzene rings is 2. The highest BCUT2D eigenvalue weighted by Crippen LogP contribution is 2.21. The normalized spacial score (nSPS) is 10.2. The van der Waals surface area contributed by atoms with Crippen molar-refractivity contribution in [2.24, 2.45) is 0 Å². The molecule has 2 aromatic carbocycles. The zero-order valence-electron chi connectivity index (χ0n) is 10.5. The van der Waals surface area contributed by atoms with Crippen molar-refractivity contribution in [3.63, 3.8) is 0 Å². The highest BCUT2D eigenvalue weighted by atomic mass is 19.1. The minimum absolute atomic E-state index is 0.210. The number of aromatic carboxylic acids is 1. The quantitative estimate of drug-likeness (QED) is 0.916. The van der Waals surface area contributed by atoms with E-state index in [2.05, 4.69) is 0 Å². The van der Waals surface area contributed by atoms with Gasteiger partial charge < -0.3 is 10.0 Å². The van der Waals surface area contributed by atoms with E-state index in [1.54, 1.807) is 48.3 Å². The number of hydrogen-bond acceptors (Lipinski definition) is 2. The third kappa shape index (κ3) is 2.91. The molecular formula is C15H14FNO2. The monoisotopic (exact) mass is 259 g/mol. The zero-order chi connectivity index (χ0) is 13.8. The minimum Gasteiger partial charge on any atom is -0.478 e. The lowest BCUT2D eigenvalue weighted by atomic mass is 10.1. The van der Waals surface area contributed by atoms with Gasteiger partial charge in [0.05, 0.1) is 11.3 Å². The summed E-state index contributed by atoms with van der Waals surface area (Å²) in [5, 5.41) is 9.13. The van der Waals surface area contributed by atoms with Crippen molar-refractivity contribution >= 4 is 11.7 Å². The van der Waals surface area contributed by atoms with E-state index in [0.29, 0.717) is 17.8 Å². The lowest BCUT2D eigenvalue weighted by Gasteiger charge is -2.21. The molecule has 4 heteroatoms. The fourth-order valence-corrected chi connectivity index (χ4v) is 1.95. The molecule has 0 radical (unpaired) electrons. The summed E-state index contributed by atoms with van der Waals surface area (Å²) in [5.41, 5.74) is 1.31. The summed E-state index contributed by atoms with van der Waals surface area (Å²) in [6, 6.07) is 13.2. The Morgan fingerprint density at radius 1 is 1.16 bits per heavy atom. The van der Waals surface area contributed by atoms with E-state index in [-0.39, 0.29) is 11.4 Å². The number of halogens is 1. The van der Waals surface area contributed by atoms with Crippen LogP contribution in [-0.4, -0.2) is 18.1 Å². The summed E-state index contributed by atoms with van der Waals surface area (Å²) in [6.07, 6.45) is 0. The first kappa shape index (κ1) is 13.1. The molecular weight excluding hydrogens is 245 g/mol. The Hall–Kier alpha value is -2.36. The minimum atomic E-state index is -0.990. The van der Waals surface area contributed by atoms with Crippen molar-refractivity contribution in [3.05, 3.63) is 65.5 Å². The molecule has 0 aliphatic rings. The first-order chi connectivity index (χ1) is 9.09. The van der Waals surface area contributed by atoms with Crippen LogP contribution in [0.1, 0.15) is 15.9 Å². The fraction of sp³-hybridized carbons (Fsp3) is 0.133. The molecule has 0 spiro atoms. The summed E-state index contributed by atoms with van der Waals surface area (Å²) in [7, 11) is 1.74. The van der Waals surface area contributed by atoms with Crippen LogP contribution in [0.25, 0.3) is 0 Å². The van der Waals surface area contributed by atoms with Crippen molar-refractivity contribution in [1.82, 2.24) is 0 Å². The van der Waals surface area contributed by atoms with Gasteiger partial charge in [0.1, 0.15) is 5.82 Å². The van der Waals surface area contributed by atoms with Crippen LogP contribution in [0.15, 0.2) is 48.5 Å². The van der Waals surface area contributed by atoms with E-state index >= 15 is 0 Å². The van der Waals surface area contributed by atoms with Crippen molar-refractivity contribution in [1.29, 1.82) is 0 Å². The largest absolute Gasteiger partial charge is 0.478 e. The number of para-hydroxylation sites is 1. The molecule has 0 amide bonds. The maximum Gasteiger partial charge on any atom is 0.337 e. The Labute approximate surface area is 110 Å². The summed E-state index contributed by atoms with van der Waals surface area (Å²) >= 11 is 0. The Morgan fingerprint density at radius 2 is 1.79 bits per heavy atom. The van der Waals surface area contributed by atoms with Gasteiger partial charge in [-0.25, -0.2) is 9.18 Å². The van der Waals surface area contributed by atoms with Crippen LogP contribution in [-0.2, 0) is 6.54 Å². The number of anilines is 1. The molecule has 98 valence electrons. The summed E-state index contributed by atoms with van der Waals surface area (Å²) in [6.45, 7) is 0.316. The molecule has 0 aliphatic heterocycles. The van der Waals surface area contributed by atoms with E-state index < -0.39 is 5.97 Å². The Balaban J connectivity index is 2.28. The highest BCUT2D eigenvalue weighted by molar-refractivity contribution is 5.94. The molecule has 0 unspecified atom stereocenters. The van der Waals surface area contributed by atoms with E-state index in [1.807, 2.05) is 0 Å². The third-order valence-electron chi connectivity index (χ3n) is 2.91. The van der Waals surface area contributed by atoms with E-state index in [4.69, 9.17) is 5.11 Å². The predicted molar refractivity (Wildman–Crippen MR) is 71.9 cm³/mol. The van der Waals surface area contributed by atoms with Crippen molar-refractivity contribution in [2.75, 3.05) is 11.9 Å². The molecule has 0 aromatic heterocycles. The van der Waals surface area contributed by atoms with Gasteiger partial charge >= 0.3 is 5.97 Å². The molecule has 19 heavy (non-hydrogen) atoms. The van der Waals surface area contributed by atoms with Gasteiger partial charge in [0.25, 0.3) is 0 Å². The maximum absolute atomic E-state index is 13.6. The molecule has 0 saturated carbocycles. The SMILES string of the molecule is CN(Cc1ccccc1F)c1ccccc1C(=O)O. The second-order valence-corrected chi connectivity index (χ2v) is 4.27. The van der Waals surface area contributed by atoms with E-state index in [9.17, 15) is 9.18 Å². The maximum atomic E-state index is 13.6. The summed E-state index contributed by atoms with van der Waals surface area (Å²) in [4.78, 5) is 12.9. The Bertz CT molecular complexity index is 598. The Kier molecular flexibility index (Phi) is 3.80. The number of carbonyl (C=O) groups is 1. The van der Waals surface area contributed by atoms with Crippen LogP contribution < -0.4 is 4.90 Å². The second kappa shape index (κ2) is 5.52. The van der Waals surface area contributed by atoms with Crippen molar-refractivity contribution < 1.29 is 14.3 Å². The molecule has 0 saturated heterocycles. The number of carboxylic acid groups (broad SMARTS) is 1. The molecule has 2 rings (SSSR count). The lowest BCUT2D eigenvalue weighted by Crippen LogP contribution is -2.20.